The molecule has 406 valence electrons. The summed E-state index contributed by atoms with van der Waals surface area (Å²) in [5.41, 5.74) is 38.3. The van der Waals surface area contributed by atoms with Gasteiger partial charge < -0.3 is 4.90 Å². The highest BCUT2D eigenvalue weighted by atomic mass is 15.1. The van der Waals surface area contributed by atoms with Crippen LogP contribution in [0.15, 0.2) is 322 Å². The maximum Gasteiger partial charge on any atom is 0.0726 e. The molecule has 0 fully saturated rings. The number of nitrogens with zero attached hydrogens (tertiary/aromatic N) is 1. The van der Waals surface area contributed by atoms with Gasteiger partial charge in [0.15, 0.2) is 0 Å². The Kier molecular flexibility index (Phi) is 9.58. The molecule has 6 aliphatic rings. The van der Waals surface area contributed by atoms with E-state index in [1.807, 2.05) is 0 Å². The monoisotopic (exact) mass is 1110 g/mol. The first-order chi connectivity index (χ1) is 43.7. The van der Waals surface area contributed by atoms with Gasteiger partial charge in [0, 0.05) is 17.1 Å². The van der Waals surface area contributed by atoms with E-state index in [2.05, 4.69) is 326 Å². The van der Waals surface area contributed by atoms with Crippen LogP contribution in [0.5, 0.6) is 0 Å². The summed E-state index contributed by atoms with van der Waals surface area (Å²) < 4.78 is 0. The van der Waals surface area contributed by atoms with Crippen LogP contribution in [0.25, 0.3) is 89.0 Å². The highest BCUT2D eigenvalue weighted by Gasteiger charge is 2.55. The molecule has 0 saturated heterocycles. The Morgan fingerprint density at radius 3 is 0.841 bits per heavy atom. The van der Waals surface area contributed by atoms with Crippen LogP contribution in [-0.4, -0.2) is 0 Å². The van der Waals surface area contributed by atoms with Crippen LogP contribution in [0.3, 0.4) is 0 Å². The van der Waals surface area contributed by atoms with Gasteiger partial charge in [-0.2, -0.15) is 0 Å². The second kappa shape index (κ2) is 17.5. The van der Waals surface area contributed by atoms with E-state index >= 15 is 0 Å². The fraction of sp³-hybridized carbons (Fsp3) is 0.0345. The first kappa shape index (κ1) is 48.2. The Morgan fingerprint density at radius 2 is 0.443 bits per heavy atom. The highest BCUT2D eigenvalue weighted by Crippen LogP contribution is 2.67. The average molecular weight is 1110 g/mol. The Labute approximate surface area is 512 Å². The molecule has 0 aliphatic heterocycles. The van der Waals surface area contributed by atoms with Crippen molar-refractivity contribution in [1.82, 2.24) is 0 Å². The summed E-state index contributed by atoms with van der Waals surface area (Å²) in [5, 5.41) is 0. The van der Waals surface area contributed by atoms with Crippen molar-refractivity contribution in [2.75, 3.05) is 4.90 Å². The maximum absolute atomic E-state index is 2.54. The Morgan fingerprint density at radius 1 is 0.159 bits per heavy atom. The van der Waals surface area contributed by atoms with Crippen LogP contribution in [0.4, 0.5) is 17.1 Å². The smallest absolute Gasteiger partial charge is 0.0726 e. The molecule has 0 aromatic heterocycles. The fourth-order valence-electron chi connectivity index (χ4n) is 17.9. The normalized spacial score (nSPS) is 14.6. The largest absolute Gasteiger partial charge is 0.310 e. The summed E-state index contributed by atoms with van der Waals surface area (Å²) in [6, 6.07) is 123. The SMILES string of the molecule is c1ccc(-c2cccc3c2-c2ccc(-c4ccc(N(c5ccc6c(c5)C5(c7ccccc7-c7ccccc75)c5ccccc5-6)c5ccc6c(c5)C5(c7ccccc7-c7ccccc75)c5ccccc5-6)cc4)cc2C32c3ccccc3-c3ccccc32)cc1. The van der Waals surface area contributed by atoms with Crippen molar-refractivity contribution in [1.29, 1.82) is 0 Å². The van der Waals surface area contributed by atoms with Gasteiger partial charge in [-0.3, -0.25) is 0 Å². The summed E-state index contributed by atoms with van der Waals surface area (Å²) in [7, 11) is 0. The minimum atomic E-state index is -0.502. The van der Waals surface area contributed by atoms with E-state index in [0.29, 0.717) is 0 Å². The zero-order valence-corrected chi connectivity index (χ0v) is 48.0. The molecule has 0 N–H and O–H groups in total. The molecule has 1 heteroatoms. The summed E-state index contributed by atoms with van der Waals surface area (Å²) >= 11 is 0. The van der Waals surface area contributed by atoms with Gasteiger partial charge in [0.2, 0.25) is 0 Å². The van der Waals surface area contributed by atoms with Crippen LogP contribution in [0.1, 0.15) is 66.8 Å². The molecule has 0 bridgehead atoms. The van der Waals surface area contributed by atoms with Gasteiger partial charge in [-0.15, -0.1) is 0 Å². The van der Waals surface area contributed by atoms with Crippen LogP contribution in [-0.2, 0) is 16.2 Å². The van der Waals surface area contributed by atoms with Gasteiger partial charge >= 0.3 is 0 Å². The molecular weight excluding hydrogens is 1060 g/mol. The van der Waals surface area contributed by atoms with Gasteiger partial charge in [-0.05, 0) is 198 Å². The van der Waals surface area contributed by atoms with Gasteiger partial charge in [-0.25, -0.2) is 0 Å². The third-order valence-electron chi connectivity index (χ3n) is 21.1. The van der Waals surface area contributed by atoms with E-state index in [1.54, 1.807) is 0 Å². The predicted molar refractivity (Wildman–Crippen MR) is 361 cm³/mol. The fourth-order valence-corrected chi connectivity index (χ4v) is 17.9. The molecule has 0 heterocycles. The van der Waals surface area contributed by atoms with E-state index in [9.17, 15) is 0 Å². The molecule has 1 nitrogen and oxygen atoms in total. The topological polar surface area (TPSA) is 3.24 Å². The van der Waals surface area contributed by atoms with Crippen molar-refractivity contribution < 1.29 is 0 Å². The van der Waals surface area contributed by atoms with Crippen molar-refractivity contribution in [3.63, 3.8) is 0 Å². The summed E-state index contributed by atoms with van der Waals surface area (Å²) in [6.07, 6.45) is 0. The zero-order valence-electron chi connectivity index (χ0n) is 48.0. The lowest BCUT2D eigenvalue weighted by atomic mass is 9.70. The van der Waals surface area contributed by atoms with Crippen LogP contribution >= 0.6 is 0 Å². The molecule has 0 atom stereocenters. The Hall–Kier alpha value is -11.1. The lowest BCUT2D eigenvalue weighted by molar-refractivity contribution is 0.792. The first-order valence-electron chi connectivity index (χ1n) is 31.0. The third-order valence-corrected chi connectivity index (χ3v) is 21.1. The number of anilines is 3. The van der Waals surface area contributed by atoms with Crippen molar-refractivity contribution in [3.8, 4) is 89.0 Å². The third kappa shape index (κ3) is 5.87. The van der Waals surface area contributed by atoms with Crippen molar-refractivity contribution >= 4 is 17.1 Å². The number of hydrogen-bond donors (Lipinski definition) is 0. The number of hydrogen-bond acceptors (Lipinski definition) is 1. The van der Waals surface area contributed by atoms with Gasteiger partial charge in [0.25, 0.3) is 0 Å². The number of rotatable bonds is 5. The van der Waals surface area contributed by atoms with Crippen LogP contribution in [0, 0.1) is 0 Å². The van der Waals surface area contributed by atoms with E-state index in [4.69, 9.17) is 0 Å². The standard InChI is InChI=1S/C87H53N/c1-2-21-55(22-3-1)60-31-20-40-80-84(60)71-48-43-56(51-81(71)87(80)78-38-18-8-27-65(78)66-28-9-19-39-79(66)87)54-41-44-57(45-42-54)88(58-46-49-69-67-29-10-16-36-76(67)85(82(69)52-58)72-32-12-4-23-61(72)62-24-5-13-33-73(62)85)59-47-50-70-68-30-11-17-37-77(68)86(83(70)53-59)74-34-14-6-25-63(74)64-26-7-15-35-75(64)86/h1-53H. The second-order valence-electron chi connectivity index (χ2n) is 24.8. The quantitative estimate of drug-likeness (QED) is 0.166. The van der Waals surface area contributed by atoms with E-state index in [0.717, 1.165) is 17.1 Å². The first-order valence-corrected chi connectivity index (χ1v) is 31.0. The lowest BCUT2D eigenvalue weighted by Crippen LogP contribution is -2.26. The van der Waals surface area contributed by atoms with Gasteiger partial charge in [-0.1, -0.05) is 279 Å². The van der Waals surface area contributed by atoms with E-state index in [1.165, 1.54) is 156 Å². The minimum absolute atomic E-state index is 0.495. The highest BCUT2D eigenvalue weighted by molar-refractivity contribution is 6.02. The van der Waals surface area contributed by atoms with Crippen LogP contribution < -0.4 is 4.90 Å². The van der Waals surface area contributed by atoms with E-state index in [-0.39, 0.29) is 0 Å². The van der Waals surface area contributed by atoms with Crippen molar-refractivity contribution in [2.45, 2.75) is 16.2 Å². The predicted octanol–water partition coefficient (Wildman–Crippen LogP) is 21.5. The molecule has 20 rings (SSSR count). The van der Waals surface area contributed by atoms with Gasteiger partial charge in [0.1, 0.15) is 0 Å². The number of fused-ring (bicyclic) bond motifs is 30. The molecule has 88 heavy (non-hydrogen) atoms. The molecule has 0 radical (unpaired) electrons. The molecule has 14 aromatic carbocycles. The lowest BCUT2D eigenvalue weighted by Gasteiger charge is -2.33. The molecule has 6 aliphatic carbocycles. The summed E-state index contributed by atoms with van der Waals surface area (Å²) in [4.78, 5) is 2.54. The summed E-state index contributed by atoms with van der Waals surface area (Å²) in [5.74, 6) is 0. The second-order valence-corrected chi connectivity index (χ2v) is 24.8. The van der Waals surface area contributed by atoms with Crippen molar-refractivity contribution in [2.24, 2.45) is 0 Å². The minimum Gasteiger partial charge on any atom is -0.310 e. The molecular formula is C87H53N. The molecule has 0 amide bonds. The zero-order chi connectivity index (χ0) is 57.5. The Balaban J connectivity index is 0.804. The van der Waals surface area contributed by atoms with E-state index < -0.39 is 16.2 Å². The molecule has 0 saturated carbocycles. The van der Waals surface area contributed by atoms with Crippen molar-refractivity contribution in [3.05, 3.63) is 388 Å². The average Bonchev–Trinajstić information content (AvgIpc) is 1.70. The number of benzene rings is 14. The maximum atomic E-state index is 2.54. The summed E-state index contributed by atoms with van der Waals surface area (Å²) in [6.45, 7) is 0. The molecule has 3 spiro atoms. The molecule has 0 unspecified atom stereocenters. The Bertz CT molecular complexity index is 4980. The van der Waals surface area contributed by atoms with Crippen LogP contribution in [0.2, 0.25) is 0 Å². The van der Waals surface area contributed by atoms with Gasteiger partial charge in [0.05, 0.1) is 16.2 Å². The molecule has 14 aromatic rings.